The molecule has 1 aromatic heterocycles. The first kappa shape index (κ1) is 14.6. The lowest BCUT2D eigenvalue weighted by Crippen LogP contribution is -2.08. The van der Waals surface area contributed by atoms with E-state index in [0.717, 1.165) is 16.5 Å². The van der Waals surface area contributed by atoms with Gasteiger partial charge in [0.2, 0.25) is 0 Å². The zero-order chi connectivity index (χ0) is 15.5. The molecule has 0 aliphatic rings. The third kappa shape index (κ3) is 2.83. The number of nitrogens with zero attached hydrogens (tertiary/aromatic N) is 2. The average Bonchev–Trinajstić information content (AvgIpc) is 2.89. The summed E-state index contributed by atoms with van der Waals surface area (Å²) in [4.78, 5) is 12.1. The van der Waals surface area contributed by atoms with E-state index in [0.29, 0.717) is 23.9 Å². The van der Waals surface area contributed by atoms with Crippen LogP contribution in [0.4, 0.5) is 0 Å². The fourth-order valence-electron chi connectivity index (χ4n) is 2.36. The van der Waals surface area contributed by atoms with Crippen LogP contribution in [0.3, 0.4) is 0 Å². The van der Waals surface area contributed by atoms with Crippen LogP contribution in [0.25, 0.3) is 10.9 Å². The number of fused-ring (bicyclic) bond motifs is 1. The molecule has 3 rings (SSSR count). The summed E-state index contributed by atoms with van der Waals surface area (Å²) in [6.45, 7) is 2.68. The largest absolute Gasteiger partial charge is 0.461 e. The maximum Gasteiger partial charge on any atom is 0.359 e. The zero-order valence-electron chi connectivity index (χ0n) is 12.1. The van der Waals surface area contributed by atoms with Crippen molar-refractivity contribution in [2.45, 2.75) is 13.5 Å². The molecule has 0 bridgehead atoms. The summed E-state index contributed by atoms with van der Waals surface area (Å²) >= 11 is 5.91. The lowest BCUT2D eigenvalue weighted by atomic mass is 10.2. The van der Waals surface area contributed by atoms with E-state index in [1.807, 2.05) is 53.2 Å². The van der Waals surface area contributed by atoms with Crippen molar-refractivity contribution in [3.63, 3.8) is 0 Å². The summed E-state index contributed by atoms with van der Waals surface area (Å²) in [6, 6.07) is 15.2. The Kier molecular flexibility index (Phi) is 4.11. The number of benzene rings is 2. The molecule has 0 aliphatic heterocycles. The van der Waals surface area contributed by atoms with Crippen LogP contribution in [0.15, 0.2) is 48.5 Å². The van der Waals surface area contributed by atoms with E-state index in [-0.39, 0.29) is 0 Å². The Balaban J connectivity index is 2.02. The van der Waals surface area contributed by atoms with Crippen molar-refractivity contribution in [3.8, 4) is 0 Å². The van der Waals surface area contributed by atoms with E-state index in [2.05, 4.69) is 5.10 Å². The van der Waals surface area contributed by atoms with Gasteiger partial charge in [-0.2, -0.15) is 5.10 Å². The van der Waals surface area contributed by atoms with Gasteiger partial charge >= 0.3 is 5.97 Å². The summed E-state index contributed by atoms with van der Waals surface area (Å²) < 4.78 is 6.89. The predicted octanol–water partition coefficient (Wildman–Crippen LogP) is 3.91. The van der Waals surface area contributed by atoms with Crippen molar-refractivity contribution in [2.75, 3.05) is 6.61 Å². The molecule has 0 spiro atoms. The highest BCUT2D eigenvalue weighted by Crippen LogP contribution is 2.21. The zero-order valence-corrected chi connectivity index (χ0v) is 12.9. The number of hydrogen-bond acceptors (Lipinski definition) is 3. The molecular weight excluding hydrogens is 300 g/mol. The van der Waals surface area contributed by atoms with E-state index >= 15 is 0 Å². The van der Waals surface area contributed by atoms with E-state index < -0.39 is 5.97 Å². The molecule has 22 heavy (non-hydrogen) atoms. The highest BCUT2D eigenvalue weighted by Gasteiger charge is 2.17. The van der Waals surface area contributed by atoms with Crippen molar-refractivity contribution >= 4 is 28.5 Å². The van der Waals surface area contributed by atoms with Crippen molar-refractivity contribution in [3.05, 3.63) is 64.8 Å². The Morgan fingerprint density at radius 1 is 1.18 bits per heavy atom. The molecule has 0 fully saturated rings. The fraction of sp³-hybridized carbons (Fsp3) is 0.176. The van der Waals surface area contributed by atoms with Crippen LogP contribution in [0, 0.1) is 0 Å². The van der Waals surface area contributed by atoms with Crippen LogP contribution >= 0.6 is 11.6 Å². The quantitative estimate of drug-likeness (QED) is 0.686. The molecule has 0 saturated heterocycles. The lowest BCUT2D eigenvalue weighted by molar-refractivity contribution is 0.0520. The van der Waals surface area contributed by atoms with Gasteiger partial charge in [-0.25, -0.2) is 4.79 Å². The minimum absolute atomic E-state index is 0.331. The van der Waals surface area contributed by atoms with Crippen LogP contribution in [0.2, 0.25) is 5.02 Å². The molecule has 0 N–H and O–H groups in total. The highest BCUT2D eigenvalue weighted by molar-refractivity contribution is 6.30. The highest BCUT2D eigenvalue weighted by atomic mass is 35.5. The maximum absolute atomic E-state index is 12.1. The van der Waals surface area contributed by atoms with Gasteiger partial charge in [0, 0.05) is 10.4 Å². The summed E-state index contributed by atoms with van der Waals surface area (Å²) in [5.74, 6) is -0.395. The molecule has 0 unspecified atom stereocenters. The van der Waals surface area contributed by atoms with E-state index in [1.165, 1.54) is 0 Å². The smallest absolute Gasteiger partial charge is 0.359 e. The van der Waals surface area contributed by atoms with Crippen molar-refractivity contribution < 1.29 is 9.53 Å². The first-order chi connectivity index (χ1) is 10.7. The number of halogens is 1. The van der Waals surface area contributed by atoms with Gasteiger partial charge in [0.05, 0.1) is 18.7 Å². The molecule has 112 valence electrons. The molecule has 4 nitrogen and oxygen atoms in total. The molecule has 0 radical (unpaired) electrons. The van der Waals surface area contributed by atoms with E-state index in [9.17, 15) is 4.79 Å². The second-order valence-electron chi connectivity index (χ2n) is 4.87. The Labute approximate surface area is 133 Å². The number of rotatable bonds is 4. The van der Waals surface area contributed by atoms with E-state index in [4.69, 9.17) is 16.3 Å². The molecule has 3 aromatic rings. The average molecular weight is 315 g/mol. The summed E-state index contributed by atoms with van der Waals surface area (Å²) in [5.41, 5.74) is 2.32. The Morgan fingerprint density at radius 2 is 1.91 bits per heavy atom. The van der Waals surface area contributed by atoms with Gasteiger partial charge < -0.3 is 4.74 Å². The van der Waals surface area contributed by atoms with Crippen molar-refractivity contribution in [2.24, 2.45) is 0 Å². The van der Waals surface area contributed by atoms with Crippen LogP contribution in [0.5, 0.6) is 0 Å². The van der Waals surface area contributed by atoms with Gasteiger partial charge in [0.15, 0.2) is 5.69 Å². The van der Waals surface area contributed by atoms with Gasteiger partial charge in [0.1, 0.15) is 0 Å². The molecule has 0 aliphatic carbocycles. The normalized spacial score (nSPS) is 10.8. The monoisotopic (exact) mass is 314 g/mol. The Morgan fingerprint density at radius 3 is 2.64 bits per heavy atom. The number of hydrogen-bond donors (Lipinski definition) is 0. The van der Waals surface area contributed by atoms with Crippen LogP contribution < -0.4 is 0 Å². The van der Waals surface area contributed by atoms with Crippen LogP contribution in [-0.2, 0) is 11.3 Å². The maximum atomic E-state index is 12.1. The summed E-state index contributed by atoms with van der Waals surface area (Å²) in [6.07, 6.45) is 0. The first-order valence-corrected chi connectivity index (χ1v) is 7.44. The van der Waals surface area contributed by atoms with Gasteiger partial charge in [-0.15, -0.1) is 0 Å². The first-order valence-electron chi connectivity index (χ1n) is 7.06. The Bertz CT molecular complexity index is 809. The Hall–Kier alpha value is -2.33. The minimum Gasteiger partial charge on any atom is -0.461 e. The third-order valence-corrected chi connectivity index (χ3v) is 3.62. The standard InChI is InChI=1S/C17H15ClN2O2/c1-2-22-17(21)16-14-5-3-4-6-15(14)20(19-16)11-12-7-9-13(18)10-8-12/h3-10H,2,11H2,1H3. The second-order valence-corrected chi connectivity index (χ2v) is 5.31. The molecule has 0 amide bonds. The predicted molar refractivity (Wildman–Crippen MR) is 86.2 cm³/mol. The summed E-state index contributed by atoms with van der Waals surface area (Å²) in [5, 5.41) is 5.93. The van der Waals surface area contributed by atoms with Crippen LogP contribution in [-0.4, -0.2) is 22.4 Å². The molecule has 5 heteroatoms. The molecule has 0 saturated carbocycles. The minimum atomic E-state index is -0.395. The van der Waals surface area contributed by atoms with Gasteiger partial charge in [-0.3, -0.25) is 4.68 Å². The lowest BCUT2D eigenvalue weighted by Gasteiger charge is -2.04. The number of aromatic nitrogens is 2. The fourth-order valence-corrected chi connectivity index (χ4v) is 2.49. The number of carbonyl (C=O) groups is 1. The van der Waals surface area contributed by atoms with Gasteiger partial charge in [-0.1, -0.05) is 41.9 Å². The molecule has 2 aromatic carbocycles. The molecular formula is C17H15ClN2O2. The number of esters is 1. The second kappa shape index (κ2) is 6.20. The SMILES string of the molecule is CCOC(=O)c1nn(Cc2ccc(Cl)cc2)c2ccccc12. The van der Waals surface area contributed by atoms with E-state index in [1.54, 1.807) is 6.92 Å². The summed E-state index contributed by atoms with van der Waals surface area (Å²) in [7, 11) is 0. The third-order valence-electron chi connectivity index (χ3n) is 3.37. The van der Waals surface area contributed by atoms with Crippen molar-refractivity contribution in [1.82, 2.24) is 9.78 Å². The number of para-hydroxylation sites is 1. The molecule has 0 atom stereocenters. The molecule has 1 heterocycles. The van der Waals surface area contributed by atoms with Gasteiger partial charge in [-0.05, 0) is 30.7 Å². The number of ether oxygens (including phenoxy) is 1. The van der Waals surface area contributed by atoms with Crippen LogP contribution in [0.1, 0.15) is 23.0 Å². The van der Waals surface area contributed by atoms with Crippen molar-refractivity contribution in [1.29, 1.82) is 0 Å². The topological polar surface area (TPSA) is 44.1 Å². The number of carbonyl (C=O) groups excluding carboxylic acids is 1. The van der Waals surface area contributed by atoms with Gasteiger partial charge in [0.25, 0.3) is 0 Å².